The van der Waals surface area contributed by atoms with Gasteiger partial charge >= 0.3 is 0 Å². The van der Waals surface area contributed by atoms with E-state index in [1.165, 1.54) is 5.56 Å². The molecular weight excluding hydrogens is 457 g/mol. The predicted octanol–water partition coefficient (Wildman–Crippen LogP) is 3.88. The van der Waals surface area contributed by atoms with Crippen LogP contribution in [0.3, 0.4) is 0 Å². The highest BCUT2D eigenvalue weighted by molar-refractivity contribution is 14.0. The average Bonchev–Trinajstić information content (AvgIpc) is 3.16. The number of furan rings is 1. The number of halogens is 1. The molecule has 7 heteroatoms. The summed E-state index contributed by atoms with van der Waals surface area (Å²) in [5.41, 5.74) is 2.24. The Morgan fingerprint density at radius 1 is 1.22 bits per heavy atom. The molecule has 1 aromatic carbocycles. The zero-order valence-electron chi connectivity index (χ0n) is 16.3. The van der Waals surface area contributed by atoms with Crippen LogP contribution in [0, 0.1) is 6.92 Å². The van der Waals surface area contributed by atoms with Gasteiger partial charge in [-0.25, -0.2) is 4.99 Å². The Kier molecular flexibility index (Phi) is 11.6. The van der Waals surface area contributed by atoms with Gasteiger partial charge in [0, 0.05) is 25.3 Å². The fraction of sp³-hybridized carbons (Fsp3) is 0.450. The van der Waals surface area contributed by atoms with Gasteiger partial charge < -0.3 is 24.5 Å². The third-order valence-electron chi connectivity index (χ3n) is 3.78. The van der Waals surface area contributed by atoms with Crippen LogP contribution in [0.2, 0.25) is 0 Å². The van der Waals surface area contributed by atoms with Gasteiger partial charge in [0.15, 0.2) is 5.96 Å². The zero-order valence-corrected chi connectivity index (χ0v) is 18.6. The average molecular weight is 487 g/mol. The molecule has 0 radical (unpaired) electrons. The number of nitrogens with zero attached hydrogens (tertiary/aromatic N) is 1. The van der Waals surface area contributed by atoms with Crippen LogP contribution in [-0.2, 0) is 17.9 Å². The summed E-state index contributed by atoms with van der Waals surface area (Å²) >= 11 is 0. The lowest BCUT2D eigenvalue weighted by atomic mass is 10.1. The van der Waals surface area contributed by atoms with Gasteiger partial charge in [0.2, 0.25) is 0 Å². The smallest absolute Gasteiger partial charge is 0.191 e. The van der Waals surface area contributed by atoms with Crippen LogP contribution in [0.1, 0.15) is 30.2 Å². The van der Waals surface area contributed by atoms with Crippen LogP contribution < -0.4 is 15.4 Å². The van der Waals surface area contributed by atoms with Gasteiger partial charge in [-0.2, -0.15) is 0 Å². The second-order valence-corrected chi connectivity index (χ2v) is 5.92. The topological polar surface area (TPSA) is 68.0 Å². The number of methoxy groups -OCH3 is 1. The number of nitrogens with one attached hydrogen (secondary N) is 2. The molecule has 0 saturated carbocycles. The number of aryl methyl sites for hydroxylation is 1. The van der Waals surface area contributed by atoms with E-state index in [1.54, 1.807) is 13.4 Å². The van der Waals surface area contributed by atoms with Crippen LogP contribution in [0.5, 0.6) is 5.75 Å². The first-order chi connectivity index (χ1) is 12.7. The van der Waals surface area contributed by atoms with Crippen LogP contribution in [0.4, 0.5) is 0 Å². The van der Waals surface area contributed by atoms with E-state index in [1.807, 2.05) is 18.2 Å². The fourth-order valence-corrected chi connectivity index (χ4v) is 2.44. The van der Waals surface area contributed by atoms with E-state index < -0.39 is 0 Å². The molecule has 27 heavy (non-hydrogen) atoms. The molecule has 2 N–H and O–H groups in total. The van der Waals surface area contributed by atoms with E-state index >= 15 is 0 Å². The van der Waals surface area contributed by atoms with E-state index in [-0.39, 0.29) is 24.0 Å². The molecule has 150 valence electrons. The minimum absolute atomic E-state index is 0. The van der Waals surface area contributed by atoms with Gasteiger partial charge in [-0.15, -0.1) is 24.0 Å². The number of guanidine groups is 1. The third kappa shape index (κ3) is 8.66. The molecule has 0 aliphatic carbocycles. The summed E-state index contributed by atoms with van der Waals surface area (Å²) in [6.07, 6.45) is 2.54. The second kappa shape index (κ2) is 13.4. The Bertz CT molecular complexity index is 675. The van der Waals surface area contributed by atoms with Gasteiger partial charge in [0.05, 0.1) is 19.9 Å². The van der Waals surface area contributed by atoms with E-state index in [0.29, 0.717) is 19.8 Å². The first-order valence-electron chi connectivity index (χ1n) is 8.98. The van der Waals surface area contributed by atoms with E-state index in [9.17, 15) is 0 Å². The molecule has 0 atom stereocenters. The van der Waals surface area contributed by atoms with Crippen molar-refractivity contribution in [3.8, 4) is 5.75 Å². The summed E-state index contributed by atoms with van der Waals surface area (Å²) in [7, 11) is 1.69. The lowest BCUT2D eigenvalue weighted by molar-refractivity contribution is 0.105. The van der Waals surface area contributed by atoms with Gasteiger partial charge in [0.1, 0.15) is 18.1 Å². The Labute approximate surface area is 178 Å². The van der Waals surface area contributed by atoms with E-state index in [4.69, 9.17) is 13.9 Å². The summed E-state index contributed by atoms with van der Waals surface area (Å²) in [4.78, 5) is 4.64. The van der Waals surface area contributed by atoms with Crippen molar-refractivity contribution in [1.29, 1.82) is 0 Å². The highest BCUT2D eigenvalue weighted by Gasteiger charge is 2.04. The summed E-state index contributed by atoms with van der Waals surface area (Å²) in [5.74, 6) is 2.51. The van der Waals surface area contributed by atoms with Crippen LogP contribution in [0.15, 0.2) is 46.0 Å². The Morgan fingerprint density at radius 3 is 2.78 bits per heavy atom. The highest BCUT2D eigenvalue weighted by atomic mass is 127. The molecule has 6 nitrogen and oxygen atoms in total. The zero-order chi connectivity index (χ0) is 18.6. The quantitative estimate of drug-likeness (QED) is 0.231. The highest BCUT2D eigenvalue weighted by Crippen LogP contribution is 2.20. The van der Waals surface area contributed by atoms with Crippen molar-refractivity contribution in [3.63, 3.8) is 0 Å². The fourth-order valence-electron chi connectivity index (χ4n) is 2.44. The molecule has 2 aromatic rings. The van der Waals surface area contributed by atoms with Crippen molar-refractivity contribution >= 4 is 29.9 Å². The molecule has 1 heterocycles. The number of ether oxygens (including phenoxy) is 2. The molecule has 0 aliphatic heterocycles. The number of aliphatic imine (C=N–C) groups is 1. The molecule has 0 bridgehead atoms. The first-order valence-corrected chi connectivity index (χ1v) is 8.98. The van der Waals surface area contributed by atoms with Crippen LogP contribution in [0.25, 0.3) is 0 Å². The normalized spacial score (nSPS) is 11.0. The van der Waals surface area contributed by atoms with Gasteiger partial charge in [-0.1, -0.05) is 12.1 Å². The number of hydrogen-bond acceptors (Lipinski definition) is 4. The maximum Gasteiger partial charge on any atom is 0.191 e. The molecule has 0 unspecified atom stereocenters. The molecule has 0 aliphatic rings. The molecule has 0 spiro atoms. The first kappa shape index (κ1) is 23.3. The third-order valence-corrected chi connectivity index (χ3v) is 3.78. The van der Waals surface area contributed by atoms with Crippen molar-refractivity contribution in [2.24, 2.45) is 4.99 Å². The SMILES string of the molecule is CCNC(=NCc1ccc(C)cc1OC)NCCCOCc1ccco1.I. The molecule has 1 aromatic heterocycles. The molecule has 0 amide bonds. The van der Waals surface area contributed by atoms with Crippen molar-refractivity contribution in [2.45, 2.75) is 33.4 Å². The van der Waals surface area contributed by atoms with Gasteiger partial charge in [-0.3, -0.25) is 0 Å². The van der Waals surface area contributed by atoms with Crippen LogP contribution >= 0.6 is 24.0 Å². The molecule has 0 fully saturated rings. The second-order valence-electron chi connectivity index (χ2n) is 5.92. The Hall–Kier alpha value is -1.74. The van der Waals surface area contributed by atoms with Crippen molar-refractivity contribution in [1.82, 2.24) is 10.6 Å². The Morgan fingerprint density at radius 2 is 2.07 bits per heavy atom. The minimum atomic E-state index is 0. The Balaban J connectivity index is 0.00000364. The lowest BCUT2D eigenvalue weighted by Gasteiger charge is -2.12. The predicted molar refractivity (Wildman–Crippen MR) is 119 cm³/mol. The molecule has 2 rings (SSSR count). The van der Waals surface area contributed by atoms with E-state index in [2.05, 4.69) is 41.6 Å². The molecular formula is C20H30IN3O3. The van der Waals surface area contributed by atoms with Crippen molar-refractivity contribution in [3.05, 3.63) is 53.5 Å². The van der Waals surface area contributed by atoms with Crippen LogP contribution in [-0.4, -0.2) is 32.8 Å². The number of benzene rings is 1. The summed E-state index contributed by atoms with van der Waals surface area (Å²) in [6, 6.07) is 9.94. The van der Waals surface area contributed by atoms with Crippen molar-refractivity contribution in [2.75, 3.05) is 26.8 Å². The van der Waals surface area contributed by atoms with Gasteiger partial charge in [0.25, 0.3) is 0 Å². The van der Waals surface area contributed by atoms with Gasteiger partial charge in [-0.05, 0) is 44.0 Å². The summed E-state index contributed by atoms with van der Waals surface area (Å²) in [6.45, 7) is 7.44. The standard InChI is InChI=1S/C20H29N3O3.HI/c1-4-21-20(22-10-6-11-25-15-18-7-5-12-26-18)23-14-17-9-8-16(2)13-19(17)24-3;/h5,7-9,12-13H,4,6,10-11,14-15H2,1-3H3,(H2,21,22,23);1H. The number of hydrogen-bond donors (Lipinski definition) is 2. The monoisotopic (exact) mass is 487 g/mol. The number of rotatable bonds is 10. The minimum Gasteiger partial charge on any atom is -0.496 e. The summed E-state index contributed by atoms with van der Waals surface area (Å²) in [5, 5.41) is 6.59. The largest absolute Gasteiger partial charge is 0.496 e. The van der Waals surface area contributed by atoms with E-state index in [0.717, 1.165) is 42.5 Å². The molecule has 0 saturated heterocycles. The summed E-state index contributed by atoms with van der Waals surface area (Å²) < 4.78 is 16.3. The maximum absolute atomic E-state index is 5.58. The van der Waals surface area contributed by atoms with Crippen molar-refractivity contribution < 1.29 is 13.9 Å². The maximum atomic E-state index is 5.58. The lowest BCUT2D eigenvalue weighted by Crippen LogP contribution is -2.38.